The maximum atomic E-state index is 9.22. The molecule has 1 aliphatic rings. The van der Waals surface area contributed by atoms with Crippen LogP contribution < -0.4 is 0 Å². The zero-order valence-electron chi connectivity index (χ0n) is 6.42. The minimum atomic E-state index is -0.128. The van der Waals surface area contributed by atoms with Crippen molar-refractivity contribution in [2.75, 3.05) is 0 Å². The van der Waals surface area contributed by atoms with Crippen LogP contribution in [0.5, 0.6) is 0 Å². The van der Waals surface area contributed by atoms with Gasteiger partial charge in [-0.2, -0.15) is 0 Å². The molecule has 0 saturated carbocycles. The van der Waals surface area contributed by atoms with E-state index >= 15 is 0 Å². The molecule has 4 heteroatoms. The van der Waals surface area contributed by atoms with E-state index < -0.39 is 0 Å². The zero-order chi connectivity index (χ0) is 7.07. The minimum absolute atomic E-state index is 0. The molecule has 0 spiro atoms. The van der Waals surface area contributed by atoms with Gasteiger partial charge in [-0.25, -0.2) is 5.06 Å². The first-order chi connectivity index (χ1) is 4.04. The molecule has 52 valence electrons. The fraction of sp³-hybridized carbons (Fsp3) is 0.833. The molecule has 1 aliphatic heterocycles. The van der Waals surface area contributed by atoms with Crippen molar-refractivity contribution < 1.29 is 24.7 Å². The maximum Gasteiger partial charge on any atom is 2.00 e. The molecule has 1 fully saturated rings. The summed E-state index contributed by atoms with van der Waals surface area (Å²) in [5, 5.41) is 10.4. The molecular formula is C6H11NOSZn+2. The first-order valence-electron chi connectivity index (χ1n) is 3.06. The topological polar surface area (TPSA) is 23.5 Å². The van der Waals surface area contributed by atoms with E-state index in [1.807, 2.05) is 13.8 Å². The van der Waals surface area contributed by atoms with Gasteiger partial charge in [0.05, 0.1) is 5.54 Å². The third-order valence-electron chi connectivity index (χ3n) is 1.76. The molecule has 0 radical (unpaired) electrons. The van der Waals surface area contributed by atoms with Crippen molar-refractivity contribution in [2.24, 2.45) is 0 Å². The normalized spacial score (nSPS) is 22.7. The summed E-state index contributed by atoms with van der Waals surface area (Å²) in [7, 11) is 0. The third kappa shape index (κ3) is 1.74. The van der Waals surface area contributed by atoms with Crippen molar-refractivity contribution in [2.45, 2.75) is 32.2 Å². The molecule has 10 heavy (non-hydrogen) atoms. The molecule has 0 aromatic heterocycles. The summed E-state index contributed by atoms with van der Waals surface area (Å²) in [5.74, 6) is 0. The largest absolute Gasteiger partial charge is 2.00 e. The molecule has 0 bridgehead atoms. The van der Waals surface area contributed by atoms with Crippen molar-refractivity contribution in [3.63, 3.8) is 0 Å². The van der Waals surface area contributed by atoms with E-state index in [9.17, 15) is 5.21 Å². The molecular weight excluding hydrogens is 200 g/mol. The molecule has 1 saturated heterocycles. The number of hydroxylamine groups is 2. The Kier molecular flexibility index (Phi) is 3.40. The Balaban J connectivity index is 0.000000810. The monoisotopic (exact) mass is 209 g/mol. The first-order valence-corrected chi connectivity index (χ1v) is 3.47. The predicted molar refractivity (Wildman–Crippen MR) is 39.5 cm³/mol. The van der Waals surface area contributed by atoms with Crippen LogP contribution in [0.2, 0.25) is 0 Å². The van der Waals surface area contributed by atoms with Crippen LogP contribution in [-0.2, 0) is 19.5 Å². The molecule has 2 nitrogen and oxygen atoms in total. The van der Waals surface area contributed by atoms with E-state index in [0.29, 0.717) is 4.99 Å². The van der Waals surface area contributed by atoms with Crippen molar-refractivity contribution in [3.8, 4) is 0 Å². The summed E-state index contributed by atoms with van der Waals surface area (Å²) >= 11 is 4.87. The summed E-state index contributed by atoms with van der Waals surface area (Å²) < 4.78 is 0. The quantitative estimate of drug-likeness (QED) is 0.485. The summed E-state index contributed by atoms with van der Waals surface area (Å²) in [4.78, 5) is 0.667. The van der Waals surface area contributed by atoms with Gasteiger partial charge in [0, 0.05) is 6.42 Å². The maximum absolute atomic E-state index is 9.22. The second kappa shape index (κ2) is 3.25. The van der Waals surface area contributed by atoms with Crippen LogP contribution in [0.3, 0.4) is 0 Å². The van der Waals surface area contributed by atoms with Crippen LogP contribution in [0.25, 0.3) is 0 Å². The van der Waals surface area contributed by atoms with Gasteiger partial charge in [0.15, 0.2) is 0 Å². The van der Waals surface area contributed by atoms with Gasteiger partial charge in [-0.05, 0) is 20.3 Å². The Labute approximate surface area is 79.3 Å². The smallest absolute Gasteiger partial charge is 0.287 e. The van der Waals surface area contributed by atoms with Gasteiger partial charge in [-0.1, -0.05) is 12.2 Å². The SMILES string of the molecule is CC1(C)CCC(=S)N1O.[Zn+2]. The van der Waals surface area contributed by atoms with E-state index in [0.717, 1.165) is 12.8 Å². The van der Waals surface area contributed by atoms with E-state index in [1.165, 1.54) is 5.06 Å². The zero-order valence-corrected chi connectivity index (χ0v) is 10.2. The molecule has 0 aromatic rings. The van der Waals surface area contributed by atoms with Crippen LogP contribution >= 0.6 is 12.2 Å². The van der Waals surface area contributed by atoms with Crippen LogP contribution in [0, 0.1) is 0 Å². The Morgan fingerprint density at radius 3 is 2.20 bits per heavy atom. The molecule has 1 rings (SSSR count). The van der Waals surface area contributed by atoms with E-state index in [-0.39, 0.29) is 25.0 Å². The summed E-state index contributed by atoms with van der Waals surface area (Å²) in [5.41, 5.74) is -0.128. The van der Waals surface area contributed by atoms with Gasteiger partial charge in [-0.3, -0.25) is 5.21 Å². The number of nitrogens with zero attached hydrogens (tertiary/aromatic N) is 1. The standard InChI is InChI=1S/C6H11NOS.Zn/c1-6(2)4-3-5(9)7(6)8;/h8H,3-4H2,1-2H3;/q;+2. The van der Waals surface area contributed by atoms with E-state index in [2.05, 4.69) is 0 Å². The van der Waals surface area contributed by atoms with Gasteiger partial charge in [0.2, 0.25) is 0 Å². The molecule has 0 aliphatic carbocycles. The van der Waals surface area contributed by atoms with Gasteiger partial charge >= 0.3 is 19.5 Å². The van der Waals surface area contributed by atoms with E-state index in [4.69, 9.17) is 12.2 Å². The molecule has 0 unspecified atom stereocenters. The van der Waals surface area contributed by atoms with Gasteiger partial charge < -0.3 is 0 Å². The Morgan fingerprint density at radius 2 is 2.10 bits per heavy atom. The average molecular weight is 211 g/mol. The summed E-state index contributed by atoms with van der Waals surface area (Å²) in [6.45, 7) is 3.96. The molecule has 0 atom stereocenters. The molecule has 1 N–H and O–H groups in total. The number of thiocarbonyl (C=S) groups is 1. The van der Waals surface area contributed by atoms with Crippen molar-refractivity contribution in [3.05, 3.63) is 0 Å². The first kappa shape index (κ1) is 10.5. The van der Waals surface area contributed by atoms with Crippen LogP contribution in [0.4, 0.5) is 0 Å². The minimum Gasteiger partial charge on any atom is -0.287 e. The molecule has 0 amide bonds. The summed E-state index contributed by atoms with van der Waals surface area (Å²) in [6.07, 6.45) is 1.81. The Morgan fingerprint density at radius 1 is 1.60 bits per heavy atom. The second-order valence-corrected chi connectivity index (χ2v) is 3.49. The fourth-order valence-electron chi connectivity index (χ4n) is 0.962. The van der Waals surface area contributed by atoms with Gasteiger partial charge in [-0.15, -0.1) is 0 Å². The van der Waals surface area contributed by atoms with Crippen LogP contribution in [0.15, 0.2) is 0 Å². The van der Waals surface area contributed by atoms with E-state index in [1.54, 1.807) is 0 Å². The predicted octanol–water partition coefficient (Wildman–Crippen LogP) is 1.57. The molecule has 0 aromatic carbocycles. The summed E-state index contributed by atoms with van der Waals surface area (Å²) in [6, 6.07) is 0. The Bertz CT molecular complexity index is 149. The average Bonchev–Trinajstić information content (AvgIpc) is 1.97. The van der Waals surface area contributed by atoms with Gasteiger partial charge in [0.1, 0.15) is 4.99 Å². The van der Waals surface area contributed by atoms with Gasteiger partial charge in [0.25, 0.3) is 0 Å². The van der Waals surface area contributed by atoms with Crippen LogP contribution in [-0.4, -0.2) is 20.8 Å². The molecule has 1 heterocycles. The van der Waals surface area contributed by atoms with Crippen molar-refractivity contribution >= 4 is 17.2 Å². The van der Waals surface area contributed by atoms with Crippen molar-refractivity contribution in [1.82, 2.24) is 5.06 Å². The second-order valence-electron chi connectivity index (χ2n) is 3.02. The Hall–Kier alpha value is 0.473. The third-order valence-corrected chi connectivity index (χ3v) is 2.14. The van der Waals surface area contributed by atoms with Crippen LogP contribution in [0.1, 0.15) is 26.7 Å². The van der Waals surface area contributed by atoms with Crippen molar-refractivity contribution in [1.29, 1.82) is 0 Å². The fourth-order valence-corrected chi connectivity index (χ4v) is 1.31. The number of rotatable bonds is 0. The number of hydrogen-bond acceptors (Lipinski definition) is 2. The number of hydrogen-bond donors (Lipinski definition) is 1.